The van der Waals surface area contributed by atoms with Gasteiger partial charge >= 0.3 is 0 Å². The molecule has 0 saturated carbocycles. The van der Waals surface area contributed by atoms with Crippen molar-refractivity contribution in [3.8, 4) is 16.9 Å². The van der Waals surface area contributed by atoms with Crippen LogP contribution in [0.1, 0.15) is 12.0 Å². The molecule has 0 spiro atoms. The Labute approximate surface area is 184 Å². The molecule has 3 aromatic rings. The Bertz CT molecular complexity index is 990. The summed E-state index contributed by atoms with van der Waals surface area (Å²) in [5.41, 5.74) is 2.94. The molecular weight excluding hydrogens is 388 g/mol. The minimum Gasteiger partial charge on any atom is -0.490 e. The minimum absolute atomic E-state index is 0.0255. The van der Waals surface area contributed by atoms with E-state index in [0.29, 0.717) is 6.54 Å². The minimum atomic E-state index is -0.542. The summed E-state index contributed by atoms with van der Waals surface area (Å²) in [4.78, 5) is 4.67. The van der Waals surface area contributed by atoms with Crippen LogP contribution in [0.3, 0.4) is 0 Å². The second kappa shape index (κ2) is 10.2. The number of hydrogen-bond acceptors (Lipinski definition) is 5. The number of aliphatic hydroxyl groups excluding tert-OH is 2. The maximum atomic E-state index is 10.7. The van der Waals surface area contributed by atoms with Gasteiger partial charge in [0.05, 0.1) is 6.61 Å². The highest BCUT2D eigenvalue weighted by atomic mass is 16.5. The number of ether oxygens (including phenoxy) is 1. The molecule has 1 saturated heterocycles. The van der Waals surface area contributed by atoms with Crippen molar-refractivity contribution in [3.05, 3.63) is 66.2 Å². The van der Waals surface area contributed by atoms with Crippen LogP contribution in [0.5, 0.6) is 5.75 Å². The normalized spacial score (nSPS) is 16.9. The number of nitrogens with zero attached hydrogens (tertiary/aromatic N) is 2. The van der Waals surface area contributed by atoms with Gasteiger partial charge in [0.2, 0.25) is 0 Å². The molecule has 31 heavy (non-hydrogen) atoms. The first-order valence-electron chi connectivity index (χ1n) is 11.1. The zero-order valence-electron chi connectivity index (χ0n) is 18.2. The van der Waals surface area contributed by atoms with Crippen LogP contribution in [-0.4, -0.2) is 72.5 Å². The zero-order chi connectivity index (χ0) is 21.6. The van der Waals surface area contributed by atoms with E-state index in [-0.39, 0.29) is 13.2 Å². The smallest absolute Gasteiger partial charge is 0.127 e. The number of hydrogen-bond donors (Lipinski definition) is 2. The maximum absolute atomic E-state index is 10.7. The summed E-state index contributed by atoms with van der Waals surface area (Å²) >= 11 is 0. The average molecular weight is 421 g/mol. The Hall–Kier alpha value is -2.44. The molecule has 1 aliphatic heterocycles. The van der Waals surface area contributed by atoms with E-state index in [9.17, 15) is 10.2 Å². The predicted molar refractivity (Wildman–Crippen MR) is 125 cm³/mol. The van der Waals surface area contributed by atoms with E-state index in [1.54, 1.807) is 0 Å². The van der Waals surface area contributed by atoms with E-state index in [0.717, 1.165) is 65.8 Å². The van der Waals surface area contributed by atoms with Crippen molar-refractivity contribution < 1.29 is 14.9 Å². The molecule has 0 radical (unpaired) electrons. The van der Waals surface area contributed by atoms with Crippen molar-refractivity contribution in [3.63, 3.8) is 0 Å². The largest absolute Gasteiger partial charge is 0.490 e. The zero-order valence-corrected chi connectivity index (χ0v) is 18.2. The van der Waals surface area contributed by atoms with Gasteiger partial charge in [-0.1, -0.05) is 54.6 Å². The van der Waals surface area contributed by atoms with Gasteiger partial charge in [0, 0.05) is 25.2 Å². The third kappa shape index (κ3) is 5.43. The number of rotatable bonds is 7. The predicted octanol–water partition coefficient (Wildman–Crippen LogP) is 3.38. The molecule has 1 fully saturated rings. The van der Waals surface area contributed by atoms with Crippen LogP contribution in [0.25, 0.3) is 21.9 Å². The van der Waals surface area contributed by atoms with Crippen LogP contribution >= 0.6 is 0 Å². The van der Waals surface area contributed by atoms with Crippen molar-refractivity contribution in [2.75, 3.05) is 46.4 Å². The van der Waals surface area contributed by atoms with Crippen molar-refractivity contribution >= 4 is 10.8 Å². The Kier molecular flexibility index (Phi) is 7.20. The third-order valence-corrected chi connectivity index (χ3v) is 6.03. The molecule has 164 valence electrons. The molecule has 1 atom stereocenters. The highest BCUT2D eigenvalue weighted by molar-refractivity contribution is 5.99. The van der Waals surface area contributed by atoms with E-state index in [2.05, 4.69) is 35.0 Å². The summed E-state index contributed by atoms with van der Waals surface area (Å²) in [7, 11) is 2.15. The second-order valence-corrected chi connectivity index (χ2v) is 8.44. The molecule has 0 aromatic heterocycles. The highest BCUT2D eigenvalue weighted by Gasteiger charge is 2.17. The van der Waals surface area contributed by atoms with Crippen molar-refractivity contribution in [1.29, 1.82) is 0 Å². The van der Waals surface area contributed by atoms with Gasteiger partial charge in [-0.05, 0) is 54.5 Å². The second-order valence-electron chi connectivity index (χ2n) is 8.44. The fourth-order valence-electron chi connectivity index (χ4n) is 4.27. The van der Waals surface area contributed by atoms with E-state index in [1.165, 1.54) is 0 Å². The summed E-state index contributed by atoms with van der Waals surface area (Å²) in [6.45, 7) is 5.04. The van der Waals surface area contributed by atoms with Gasteiger partial charge in [-0.25, -0.2) is 0 Å². The fourth-order valence-corrected chi connectivity index (χ4v) is 4.27. The van der Waals surface area contributed by atoms with Crippen LogP contribution < -0.4 is 4.74 Å². The lowest BCUT2D eigenvalue weighted by Gasteiger charge is -2.24. The van der Waals surface area contributed by atoms with Crippen molar-refractivity contribution in [1.82, 2.24) is 9.80 Å². The van der Waals surface area contributed by atoms with E-state index >= 15 is 0 Å². The molecule has 1 aliphatic rings. The number of fused-ring (bicyclic) bond motifs is 1. The lowest BCUT2D eigenvalue weighted by atomic mass is 9.96. The molecule has 0 bridgehead atoms. The molecule has 5 nitrogen and oxygen atoms in total. The molecule has 1 heterocycles. The maximum Gasteiger partial charge on any atom is 0.127 e. The third-order valence-electron chi connectivity index (χ3n) is 6.03. The van der Waals surface area contributed by atoms with Gasteiger partial charge in [-0.15, -0.1) is 0 Å². The van der Waals surface area contributed by atoms with Gasteiger partial charge in [0.25, 0.3) is 0 Å². The quantitative estimate of drug-likeness (QED) is 0.614. The summed E-state index contributed by atoms with van der Waals surface area (Å²) in [6, 6.07) is 20.2. The average Bonchev–Trinajstić information content (AvgIpc) is 3.01. The van der Waals surface area contributed by atoms with E-state index < -0.39 is 6.10 Å². The molecule has 0 amide bonds. The van der Waals surface area contributed by atoms with Crippen molar-refractivity contribution in [2.45, 2.75) is 19.1 Å². The molecular formula is C26H32N2O3. The summed E-state index contributed by atoms with van der Waals surface area (Å²) in [5.74, 6) is 0.769. The Morgan fingerprint density at radius 1 is 0.935 bits per heavy atom. The van der Waals surface area contributed by atoms with Gasteiger partial charge in [0.15, 0.2) is 0 Å². The monoisotopic (exact) mass is 420 g/mol. The van der Waals surface area contributed by atoms with E-state index in [4.69, 9.17) is 4.74 Å². The van der Waals surface area contributed by atoms with Crippen LogP contribution in [-0.2, 0) is 6.61 Å². The molecule has 3 aromatic carbocycles. The molecule has 5 heteroatoms. The lowest BCUT2D eigenvalue weighted by Crippen LogP contribution is -2.37. The molecule has 1 unspecified atom stereocenters. The Balaban J connectivity index is 1.53. The van der Waals surface area contributed by atoms with E-state index in [1.807, 2.05) is 42.5 Å². The summed E-state index contributed by atoms with van der Waals surface area (Å²) in [5, 5.41) is 22.3. The van der Waals surface area contributed by atoms with Gasteiger partial charge < -0.3 is 19.8 Å². The van der Waals surface area contributed by atoms with Gasteiger partial charge in [-0.3, -0.25) is 4.90 Å². The highest BCUT2D eigenvalue weighted by Crippen LogP contribution is 2.37. The standard InChI is InChI=1S/C26H32N2O3/c1-27-13-4-14-28(16-15-27)17-23(30)19-31-25-12-11-21-5-2-3-6-24(21)26(25)22-9-7-20(18-29)8-10-22/h2-3,5-12,23,29-30H,4,13-19H2,1H3. The van der Waals surface area contributed by atoms with Crippen LogP contribution in [0.2, 0.25) is 0 Å². The first kappa shape index (κ1) is 21.8. The first-order valence-corrected chi connectivity index (χ1v) is 11.1. The van der Waals surface area contributed by atoms with Crippen LogP contribution in [0, 0.1) is 0 Å². The van der Waals surface area contributed by atoms with Gasteiger partial charge in [0.1, 0.15) is 18.5 Å². The number of benzene rings is 3. The van der Waals surface area contributed by atoms with Gasteiger partial charge in [-0.2, -0.15) is 0 Å². The van der Waals surface area contributed by atoms with Crippen molar-refractivity contribution in [2.24, 2.45) is 0 Å². The Morgan fingerprint density at radius 2 is 1.74 bits per heavy atom. The fraction of sp³-hybridized carbons (Fsp3) is 0.385. The molecule has 4 rings (SSSR count). The van der Waals surface area contributed by atoms with Crippen LogP contribution in [0.15, 0.2) is 60.7 Å². The SMILES string of the molecule is CN1CCCN(CC(O)COc2ccc3ccccc3c2-c2ccc(CO)cc2)CC1. The molecule has 0 aliphatic carbocycles. The first-order chi connectivity index (χ1) is 15.1. The summed E-state index contributed by atoms with van der Waals surface area (Å²) < 4.78 is 6.18. The summed E-state index contributed by atoms with van der Waals surface area (Å²) in [6.07, 6.45) is 0.586. The molecule has 2 N–H and O–H groups in total. The number of β-amino-alcohol motifs (C(OH)–C–C–N with tert-alkyl or cyclic N) is 1. The number of likely N-dealkylation sites (N-methyl/N-ethyl adjacent to an activating group) is 1. The topological polar surface area (TPSA) is 56.2 Å². The Morgan fingerprint density at radius 3 is 2.55 bits per heavy atom. The van der Waals surface area contributed by atoms with Crippen LogP contribution in [0.4, 0.5) is 0 Å². The lowest BCUT2D eigenvalue weighted by molar-refractivity contribution is 0.0698. The number of aliphatic hydroxyl groups is 2.